The van der Waals surface area contributed by atoms with Crippen LogP contribution in [0.4, 0.5) is 19.0 Å². The molecule has 10 heteroatoms. The number of hydrogen-bond donors (Lipinski definition) is 1. The van der Waals surface area contributed by atoms with Crippen LogP contribution in [0.15, 0.2) is 52.4 Å². The van der Waals surface area contributed by atoms with Crippen molar-refractivity contribution >= 4 is 5.82 Å². The monoisotopic (exact) mass is 534 g/mol. The Morgan fingerprint density at radius 2 is 1.85 bits per heavy atom. The van der Waals surface area contributed by atoms with Gasteiger partial charge in [0.05, 0.1) is 23.2 Å². The number of aryl methyl sites for hydroxylation is 2. The number of nitrogens with one attached hydrogen (secondary N) is 1. The summed E-state index contributed by atoms with van der Waals surface area (Å²) in [7, 11) is 1.71. The van der Waals surface area contributed by atoms with E-state index in [4.69, 9.17) is 9.98 Å². The van der Waals surface area contributed by atoms with Crippen molar-refractivity contribution in [3.8, 4) is 22.5 Å². The molecule has 0 radical (unpaired) electrons. The molecule has 7 nitrogen and oxygen atoms in total. The summed E-state index contributed by atoms with van der Waals surface area (Å²) >= 11 is 0. The minimum atomic E-state index is -2.92. The van der Waals surface area contributed by atoms with Crippen LogP contribution in [0.25, 0.3) is 22.5 Å². The fourth-order valence-electron chi connectivity index (χ4n) is 5.93. The summed E-state index contributed by atoms with van der Waals surface area (Å²) in [6, 6.07) is 8.98. The zero-order valence-corrected chi connectivity index (χ0v) is 22.0. The maximum absolute atomic E-state index is 15.0. The van der Waals surface area contributed by atoms with Gasteiger partial charge in [-0.15, -0.1) is 0 Å². The molecule has 3 atom stereocenters. The van der Waals surface area contributed by atoms with Gasteiger partial charge in [0.2, 0.25) is 5.56 Å². The van der Waals surface area contributed by atoms with Crippen molar-refractivity contribution < 1.29 is 13.2 Å². The predicted molar refractivity (Wildman–Crippen MR) is 142 cm³/mol. The molecule has 1 saturated carbocycles. The first-order valence-electron chi connectivity index (χ1n) is 13.2. The Bertz CT molecular complexity index is 1680. The first-order valence-corrected chi connectivity index (χ1v) is 13.2. The lowest BCUT2D eigenvalue weighted by atomic mass is 9.91. The van der Waals surface area contributed by atoms with Gasteiger partial charge >= 0.3 is 0 Å². The number of aromatic nitrogens is 4. The highest BCUT2D eigenvalue weighted by Gasteiger charge is 2.38. The van der Waals surface area contributed by atoms with Gasteiger partial charge in [0, 0.05) is 42.0 Å². The first kappa shape index (κ1) is 25.3. The van der Waals surface area contributed by atoms with E-state index in [-0.39, 0.29) is 23.2 Å². The number of anilines is 1. The molecule has 1 N–H and O–H groups in total. The third-order valence-corrected chi connectivity index (χ3v) is 7.87. The van der Waals surface area contributed by atoms with Crippen molar-refractivity contribution in [3.63, 3.8) is 0 Å². The average molecular weight is 535 g/mol. The van der Waals surface area contributed by atoms with Gasteiger partial charge < -0.3 is 14.5 Å². The number of benzene rings is 1. The van der Waals surface area contributed by atoms with Crippen LogP contribution in [-0.2, 0) is 7.05 Å². The molecule has 1 fully saturated rings. The third kappa shape index (κ3) is 4.31. The molecule has 3 aliphatic heterocycles. The molecule has 2 unspecified atom stereocenters. The Morgan fingerprint density at radius 3 is 2.62 bits per heavy atom. The van der Waals surface area contributed by atoms with Gasteiger partial charge in [0.1, 0.15) is 23.3 Å². The molecule has 39 heavy (non-hydrogen) atoms. The van der Waals surface area contributed by atoms with E-state index in [9.17, 15) is 18.0 Å². The molecule has 0 spiro atoms. The first-order chi connectivity index (χ1) is 18.7. The van der Waals surface area contributed by atoms with Gasteiger partial charge in [0.15, 0.2) is 5.49 Å². The van der Waals surface area contributed by atoms with Crippen LogP contribution in [0.1, 0.15) is 68.1 Å². The molecule has 4 aliphatic rings. The number of fused-ring (bicyclic) bond motifs is 5. The molecule has 0 saturated heterocycles. The molecule has 1 aliphatic carbocycles. The molecular weight excluding hydrogens is 505 g/mol. The summed E-state index contributed by atoms with van der Waals surface area (Å²) < 4.78 is 45.5. The van der Waals surface area contributed by atoms with E-state index < -0.39 is 23.8 Å². The van der Waals surface area contributed by atoms with Gasteiger partial charge in [-0.2, -0.15) is 0 Å². The summed E-state index contributed by atoms with van der Waals surface area (Å²) in [5, 5.41) is 3.72. The third-order valence-electron chi connectivity index (χ3n) is 7.87. The van der Waals surface area contributed by atoms with Crippen molar-refractivity contribution in [3.05, 3.63) is 81.2 Å². The van der Waals surface area contributed by atoms with Gasteiger partial charge in [-0.3, -0.25) is 9.79 Å². The van der Waals surface area contributed by atoms with Crippen molar-refractivity contribution in [2.24, 2.45) is 12.0 Å². The Hall–Kier alpha value is -3.95. The second-order valence-corrected chi connectivity index (χ2v) is 10.4. The zero-order chi connectivity index (χ0) is 27.4. The smallest absolute Gasteiger partial charge is 0.266 e. The lowest BCUT2D eigenvalue weighted by molar-refractivity contribution is 0.146. The Kier molecular flexibility index (Phi) is 6.28. The average Bonchev–Trinajstić information content (AvgIpc) is 3.30. The molecule has 202 valence electrons. The van der Waals surface area contributed by atoms with E-state index >= 15 is 0 Å². The molecule has 0 bridgehead atoms. The Morgan fingerprint density at radius 1 is 1.08 bits per heavy atom. The van der Waals surface area contributed by atoms with E-state index in [0.29, 0.717) is 16.9 Å². The summed E-state index contributed by atoms with van der Waals surface area (Å²) in [6.07, 6.45) is 3.17. The van der Waals surface area contributed by atoms with Crippen LogP contribution in [0.5, 0.6) is 0 Å². The molecule has 6 rings (SSSR count). The second kappa shape index (κ2) is 9.66. The van der Waals surface area contributed by atoms with Crippen LogP contribution in [0, 0.1) is 12.7 Å². The molecule has 4 heterocycles. The number of pyridine rings is 2. The van der Waals surface area contributed by atoms with Gasteiger partial charge in [-0.05, 0) is 38.8 Å². The van der Waals surface area contributed by atoms with Crippen molar-refractivity contribution in [2.45, 2.75) is 64.1 Å². The van der Waals surface area contributed by atoms with E-state index in [0.717, 1.165) is 54.5 Å². The minimum absolute atomic E-state index is 0.0818. The molecule has 1 aromatic carbocycles. The fourth-order valence-corrected chi connectivity index (χ4v) is 5.93. The second-order valence-electron chi connectivity index (χ2n) is 10.4. The predicted octanol–water partition coefficient (Wildman–Crippen LogP) is 5.70. The molecular formula is C29H29F3N6O. The SMILES string of the molecule is Cc1nc2n3c(c(-c4ccc(=O)n(C)c4)cc-2c(=N[C@H](C)c2cccc(C(F)F)c2F)n1)NC1CCCCC13. The normalized spacial score (nSPS) is 19.7. The standard InChI is InChI=1S/C29H29F3N6O/c1-15(18-7-6-8-19(25(18)30)26(31)32)33-27-21-13-20(17-11-12-24(39)37(3)14-17)28-36-22-9-4-5-10-23(22)38(28)29(21)35-16(2)34-27/h6-8,11-15,22-23,26,36H,4-5,9-10H2,1-3H3/t15-,22?,23?/m1/s1. The maximum atomic E-state index is 15.0. The van der Waals surface area contributed by atoms with Gasteiger partial charge in [-0.1, -0.05) is 31.0 Å². The number of rotatable bonds is 4. The Balaban J connectivity index is 1.60. The Labute approximate surface area is 223 Å². The molecule has 2 aromatic rings. The van der Waals surface area contributed by atoms with Crippen molar-refractivity contribution in [2.75, 3.05) is 5.32 Å². The van der Waals surface area contributed by atoms with E-state index in [1.54, 1.807) is 33.2 Å². The van der Waals surface area contributed by atoms with E-state index in [1.165, 1.54) is 22.8 Å². The molecule has 1 aromatic heterocycles. The summed E-state index contributed by atoms with van der Waals surface area (Å²) in [5.41, 5.74) is 2.11. The number of hydrogen-bond acceptors (Lipinski definition) is 5. The topological polar surface area (TPSA) is 77.1 Å². The minimum Gasteiger partial charge on any atom is -0.366 e. The summed E-state index contributed by atoms with van der Waals surface area (Å²) in [6.45, 7) is 3.46. The maximum Gasteiger partial charge on any atom is 0.266 e. The quantitative estimate of drug-likeness (QED) is 0.364. The van der Waals surface area contributed by atoms with Gasteiger partial charge in [-0.25, -0.2) is 23.1 Å². The lowest BCUT2D eigenvalue weighted by Gasteiger charge is -2.27. The number of alkyl halides is 2. The van der Waals surface area contributed by atoms with Crippen LogP contribution in [0.3, 0.4) is 0 Å². The van der Waals surface area contributed by atoms with E-state index in [1.807, 2.05) is 6.07 Å². The molecule has 0 amide bonds. The highest BCUT2D eigenvalue weighted by molar-refractivity contribution is 5.82. The highest BCUT2D eigenvalue weighted by atomic mass is 19.3. The number of halogens is 3. The number of nitrogens with zero attached hydrogens (tertiary/aromatic N) is 5. The zero-order valence-electron chi connectivity index (χ0n) is 22.0. The van der Waals surface area contributed by atoms with Crippen molar-refractivity contribution in [1.82, 2.24) is 19.1 Å². The van der Waals surface area contributed by atoms with Crippen LogP contribution in [0.2, 0.25) is 0 Å². The summed E-state index contributed by atoms with van der Waals surface area (Å²) in [5.74, 6) is 1.22. The van der Waals surface area contributed by atoms with Gasteiger partial charge in [0.25, 0.3) is 6.43 Å². The fraction of sp³-hybridized carbons (Fsp3) is 0.379. The van der Waals surface area contributed by atoms with E-state index in [2.05, 4.69) is 14.9 Å². The van der Waals surface area contributed by atoms with Crippen LogP contribution < -0.4 is 16.4 Å². The summed E-state index contributed by atoms with van der Waals surface area (Å²) in [4.78, 5) is 26.3. The van der Waals surface area contributed by atoms with Crippen LogP contribution >= 0.6 is 0 Å². The largest absolute Gasteiger partial charge is 0.366 e. The highest BCUT2D eigenvalue weighted by Crippen LogP contribution is 2.46. The van der Waals surface area contributed by atoms with Crippen LogP contribution in [-0.4, -0.2) is 25.1 Å². The van der Waals surface area contributed by atoms with Crippen molar-refractivity contribution in [1.29, 1.82) is 0 Å². The lowest BCUT2D eigenvalue weighted by Crippen LogP contribution is -2.27.